The van der Waals surface area contributed by atoms with Gasteiger partial charge in [-0.1, -0.05) is 19.1 Å². The summed E-state index contributed by atoms with van der Waals surface area (Å²) in [6.45, 7) is 5.95. The van der Waals surface area contributed by atoms with E-state index in [1.807, 2.05) is 6.26 Å². The number of hydrogen-bond donors (Lipinski definition) is 1. The Morgan fingerprint density at radius 3 is 2.89 bits per heavy atom. The average Bonchev–Trinajstić information content (AvgIpc) is 2.46. The molecule has 104 valence electrons. The van der Waals surface area contributed by atoms with Gasteiger partial charge in [0.25, 0.3) is 0 Å². The quantitative estimate of drug-likeness (QED) is 0.881. The van der Waals surface area contributed by atoms with Gasteiger partial charge in [0.1, 0.15) is 5.75 Å². The number of nitrogens with one attached hydrogen (secondary N) is 1. The number of hydrogen-bond acceptors (Lipinski definition) is 3. The third kappa shape index (κ3) is 3.29. The zero-order chi connectivity index (χ0) is 13.7. The van der Waals surface area contributed by atoms with Crippen molar-refractivity contribution in [3.05, 3.63) is 41.2 Å². The predicted molar refractivity (Wildman–Crippen MR) is 77.4 cm³/mol. The third-order valence-electron chi connectivity index (χ3n) is 3.51. The number of ether oxygens (including phenoxy) is 2. The molecule has 1 aromatic rings. The van der Waals surface area contributed by atoms with Crippen LogP contribution in [0, 0.1) is 6.92 Å². The summed E-state index contributed by atoms with van der Waals surface area (Å²) in [6, 6.07) is 6.63. The first kappa shape index (κ1) is 13.9. The Hall–Kier alpha value is -1.48. The molecule has 1 unspecified atom stereocenters. The van der Waals surface area contributed by atoms with Crippen LogP contribution in [0.25, 0.3) is 0 Å². The summed E-state index contributed by atoms with van der Waals surface area (Å²) in [5.74, 6) is 0.942. The van der Waals surface area contributed by atoms with E-state index in [4.69, 9.17) is 9.47 Å². The van der Waals surface area contributed by atoms with Crippen molar-refractivity contribution >= 4 is 0 Å². The highest BCUT2D eigenvalue weighted by Gasteiger charge is 2.19. The predicted octanol–water partition coefficient (Wildman–Crippen LogP) is 3.35. The number of aryl methyl sites for hydroxylation is 1. The number of benzene rings is 1. The maximum atomic E-state index is 5.48. The summed E-state index contributed by atoms with van der Waals surface area (Å²) in [7, 11) is 1.72. The molecule has 0 bridgehead atoms. The van der Waals surface area contributed by atoms with Crippen LogP contribution in [0.4, 0.5) is 0 Å². The monoisotopic (exact) mass is 261 g/mol. The minimum absolute atomic E-state index is 0.222. The van der Waals surface area contributed by atoms with E-state index in [9.17, 15) is 0 Å². The zero-order valence-electron chi connectivity index (χ0n) is 12.0. The Bertz CT molecular complexity index is 454. The fourth-order valence-electron chi connectivity index (χ4n) is 2.48. The van der Waals surface area contributed by atoms with Crippen molar-refractivity contribution in [2.75, 3.05) is 20.3 Å². The van der Waals surface area contributed by atoms with Gasteiger partial charge in [-0.2, -0.15) is 0 Å². The molecule has 0 aromatic heterocycles. The van der Waals surface area contributed by atoms with Crippen LogP contribution in [0.2, 0.25) is 0 Å². The van der Waals surface area contributed by atoms with Crippen LogP contribution in [-0.2, 0) is 4.74 Å². The number of methoxy groups -OCH3 is 1. The molecule has 1 aliphatic heterocycles. The molecule has 3 nitrogen and oxygen atoms in total. The summed E-state index contributed by atoms with van der Waals surface area (Å²) >= 11 is 0. The largest absolute Gasteiger partial charge is 0.501 e. The molecular weight excluding hydrogens is 238 g/mol. The van der Waals surface area contributed by atoms with Gasteiger partial charge in [0.15, 0.2) is 0 Å². The topological polar surface area (TPSA) is 30.5 Å². The molecule has 0 fully saturated rings. The smallest absolute Gasteiger partial charge is 0.122 e. The van der Waals surface area contributed by atoms with Crippen molar-refractivity contribution in [2.24, 2.45) is 0 Å². The first-order chi connectivity index (χ1) is 9.26. The van der Waals surface area contributed by atoms with E-state index in [0.29, 0.717) is 0 Å². The molecule has 0 spiro atoms. The summed E-state index contributed by atoms with van der Waals surface area (Å²) in [5.41, 5.74) is 3.72. The van der Waals surface area contributed by atoms with Crippen molar-refractivity contribution in [1.82, 2.24) is 5.32 Å². The fraction of sp³-hybridized carbons (Fsp3) is 0.500. The van der Waals surface area contributed by atoms with E-state index < -0.39 is 0 Å². The van der Waals surface area contributed by atoms with Crippen LogP contribution in [0.5, 0.6) is 5.75 Å². The highest BCUT2D eigenvalue weighted by Crippen LogP contribution is 2.30. The summed E-state index contributed by atoms with van der Waals surface area (Å²) in [6.07, 6.45) is 4.10. The lowest BCUT2D eigenvalue weighted by atomic mass is 9.94. The van der Waals surface area contributed by atoms with Gasteiger partial charge < -0.3 is 14.8 Å². The van der Waals surface area contributed by atoms with Crippen molar-refractivity contribution in [3.8, 4) is 5.75 Å². The molecular formula is C16H23NO2. The van der Waals surface area contributed by atoms with Crippen molar-refractivity contribution < 1.29 is 9.47 Å². The normalized spacial score (nSPS) is 16.5. The fourth-order valence-corrected chi connectivity index (χ4v) is 2.48. The minimum atomic E-state index is 0.222. The molecule has 0 saturated heterocycles. The van der Waals surface area contributed by atoms with Gasteiger partial charge in [-0.25, -0.2) is 0 Å². The number of likely N-dealkylation sites (N-methyl/N-ethyl adjacent to an activating group) is 1. The molecule has 0 radical (unpaired) electrons. The van der Waals surface area contributed by atoms with E-state index in [1.54, 1.807) is 7.11 Å². The van der Waals surface area contributed by atoms with Crippen molar-refractivity contribution in [2.45, 2.75) is 32.7 Å². The highest BCUT2D eigenvalue weighted by atomic mass is 16.5. The van der Waals surface area contributed by atoms with Gasteiger partial charge >= 0.3 is 0 Å². The lowest BCUT2D eigenvalue weighted by Crippen LogP contribution is -2.24. The molecule has 1 atom stereocenters. The van der Waals surface area contributed by atoms with E-state index in [-0.39, 0.29) is 6.04 Å². The second-order valence-corrected chi connectivity index (χ2v) is 4.89. The van der Waals surface area contributed by atoms with E-state index >= 15 is 0 Å². The van der Waals surface area contributed by atoms with Crippen LogP contribution < -0.4 is 10.1 Å². The Labute approximate surface area is 115 Å². The molecule has 3 heteroatoms. The molecule has 0 saturated carbocycles. The Balaban J connectivity index is 2.30. The molecule has 1 aromatic carbocycles. The third-order valence-corrected chi connectivity index (χ3v) is 3.51. The Kier molecular flexibility index (Phi) is 4.86. The zero-order valence-corrected chi connectivity index (χ0v) is 12.0. The van der Waals surface area contributed by atoms with E-state index in [0.717, 1.165) is 37.3 Å². The van der Waals surface area contributed by atoms with Crippen LogP contribution in [0.15, 0.2) is 30.0 Å². The number of rotatable bonds is 5. The van der Waals surface area contributed by atoms with Crippen molar-refractivity contribution in [1.29, 1.82) is 0 Å². The molecule has 1 N–H and O–H groups in total. The average molecular weight is 261 g/mol. The van der Waals surface area contributed by atoms with Crippen LogP contribution >= 0.6 is 0 Å². The first-order valence-electron chi connectivity index (χ1n) is 6.94. The second kappa shape index (κ2) is 6.62. The molecule has 0 amide bonds. The molecule has 1 aliphatic rings. The molecule has 0 aliphatic carbocycles. The van der Waals surface area contributed by atoms with Crippen LogP contribution in [0.1, 0.15) is 36.9 Å². The standard InChI is InChI=1S/C16H23NO2/c1-4-17-16(14-6-5-9-19-11-14)13-8-7-12(2)15(10-13)18-3/h7-8,10-11,16-17H,4-6,9H2,1-3H3. The molecule has 19 heavy (non-hydrogen) atoms. The lowest BCUT2D eigenvalue weighted by molar-refractivity contribution is 0.219. The lowest BCUT2D eigenvalue weighted by Gasteiger charge is -2.25. The Morgan fingerprint density at radius 1 is 1.42 bits per heavy atom. The maximum absolute atomic E-state index is 5.48. The van der Waals surface area contributed by atoms with Gasteiger partial charge in [0.05, 0.1) is 26.0 Å². The van der Waals surface area contributed by atoms with Crippen molar-refractivity contribution in [3.63, 3.8) is 0 Å². The SMILES string of the molecule is CCNC(C1=COCCC1)c1ccc(C)c(OC)c1. The summed E-state index contributed by atoms with van der Waals surface area (Å²) in [4.78, 5) is 0. The summed E-state index contributed by atoms with van der Waals surface area (Å²) < 4.78 is 10.9. The highest BCUT2D eigenvalue weighted by molar-refractivity contribution is 5.40. The maximum Gasteiger partial charge on any atom is 0.122 e. The minimum Gasteiger partial charge on any atom is -0.501 e. The molecule has 2 rings (SSSR count). The van der Waals surface area contributed by atoms with E-state index in [2.05, 4.69) is 37.4 Å². The first-order valence-corrected chi connectivity index (χ1v) is 6.94. The van der Waals surface area contributed by atoms with E-state index in [1.165, 1.54) is 11.1 Å². The van der Waals surface area contributed by atoms with Crippen LogP contribution in [0.3, 0.4) is 0 Å². The van der Waals surface area contributed by atoms with Gasteiger partial charge in [-0.05, 0) is 49.1 Å². The second-order valence-electron chi connectivity index (χ2n) is 4.89. The Morgan fingerprint density at radius 2 is 2.26 bits per heavy atom. The van der Waals surface area contributed by atoms with Crippen LogP contribution in [-0.4, -0.2) is 20.3 Å². The van der Waals surface area contributed by atoms with Gasteiger partial charge in [-0.15, -0.1) is 0 Å². The molecule has 1 heterocycles. The van der Waals surface area contributed by atoms with Gasteiger partial charge in [-0.3, -0.25) is 0 Å². The van der Waals surface area contributed by atoms with Gasteiger partial charge in [0, 0.05) is 0 Å². The van der Waals surface area contributed by atoms with Gasteiger partial charge in [0.2, 0.25) is 0 Å². The summed E-state index contributed by atoms with van der Waals surface area (Å²) in [5, 5.41) is 3.54.